The fourth-order valence-electron chi connectivity index (χ4n) is 2.39. The second-order valence-electron chi connectivity index (χ2n) is 5.81. The molecule has 0 aliphatic carbocycles. The summed E-state index contributed by atoms with van der Waals surface area (Å²) >= 11 is 3.33. The monoisotopic (exact) mass is 463 g/mol. The first-order chi connectivity index (χ1) is 14.0. The zero-order chi connectivity index (χ0) is 21.2. The number of hydrogen-bond acceptors (Lipinski definition) is 6. The van der Waals surface area contributed by atoms with Crippen LogP contribution in [0.3, 0.4) is 0 Å². The van der Waals surface area contributed by atoms with Crippen LogP contribution in [-0.2, 0) is 9.59 Å². The molecular formula is C20H22BrN3O5. The fourth-order valence-corrected chi connectivity index (χ4v) is 2.66. The molecule has 0 aromatic heterocycles. The molecule has 9 heteroatoms. The van der Waals surface area contributed by atoms with Crippen molar-refractivity contribution in [2.45, 2.75) is 12.8 Å². The molecule has 2 aromatic rings. The smallest absolute Gasteiger partial charge is 0.240 e. The van der Waals surface area contributed by atoms with Crippen molar-refractivity contribution in [3.8, 4) is 17.2 Å². The van der Waals surface area contributed by atoms with Gasteiger partial charge in [0.25, 0.3) is 0 Å². The molecular weight excluding hydrogens is 442 g/mol. The Balaban J connectivity index is 1.86. The lowest BCUT2D eigenvalue weighted by Crippen LogP contribution is -2.20. The van der Waals surface area contributed by atoms with Crippen molar-refractivity contribution in [3.63, 3.8) is 0 Å². The highest BCUT2D eigenvalue weighted by atomic mass is 79.9. The van der Waals surface area contributed by atoms with Crippen LogP contribution in [0.5, 0.6) is 17.2 Å². The van der Waals surface area contributed by atoms with Crippen molar-refractivity contribution in [1.29, 1.82) is 0 Å². The molecule has 154 valence electrons. The summed E-state index contributed by atoms with van der Waals surface area (Å²) < 4.78 is 16.7. The van der Waals surface area contributed by atoms with E-state index in [9.17, 15) is 9.59 Å². The number of methoxy groups -OCH3 is 3. The maximum absolute atomic E-state index is 11.9. The van der Waals surface area contributed by atoms with Gasteiger partial charge in [0.1, 0.15) is 0 Å². The first kappa shape index (κ1) is 22.2. The fraction of sp³-hybridized carbons (Fsp3) is 0.250. The maximum atomic E-state index is 11.9. The number of nitrogens with zero attached hydrogens (tertiary/aromatic N) is 1. The third-order valence-corrected chi connectivity index (χ3v) is 4.33. The SMILES string of the molecule is COc1cc(C=NNC(=O)CCC(=O)Nc2ccc(Br)cc2)cc(OC)c1OC. The summed E-state index contributed by atoms with van der Waals surface area (Å²) in [5.74, 6) is 0.789. The maximum Gasteiger partial charge on any atom is 0.240 e. The lowest BCUT2D eigenvalue weighted by atomic mass is 10.2. The van der Waals surface area contributed by atoms with E-state index in [0.717, 1.165) is 4.47 Å². The Kier molecular flexibility index (Phi) is 8.47. The number of anilines is 1. The largest absolute Gasteiger partial charge is 0.493 e. The van der Waals surface area contributed by atoms with Crippen LogP contribution >= 0.6 is 15.9 Å². The Morgan fingerprint density at radius 1 is 0.966 bits per heavy atom. The van der Waals surface area contributed by atoms with Crippen molar-refractivity contribution in [1.82, 2.24) is 5.43 Å². The van der Waals surface area contributed by atoms with Gasteiger partial charge in [0, 0.05) is 28.6 Å². The number of hydrazone groups is 1. The summed E-state index contributed by atoms with van der Waals surface area (Å²) in [5.41, 5.74) is 3.70. The standard InChI is InChI=1S/C20H22BrN3O5/c1-27-16-10-13(11-17(28-2)20(16)29-3)12-22-24-19(26)9-8-18(25)23-15-6-4-14(21)5-7-15/h4-7,10-12H,8-9H2,1-3H3,(H,23,25)(H,24,26). The van der Waals surface area contributed by atoms with Crippen LogP contribution < -0.4 is 25.0 Å². The summed E-state index contributed by atoms with van der Waals surface area (Å²) in [4.78, 5) is 23.8. The van der Waals surface area contributed by atoms with Gasteiger partial charge in [0.2, 0.25) is 17.6 Å². The van der Waals surface area contributed by atoms with Crippen molar-refractivity contribution in [2.24, 2.45) is 5.10 Å². The van der Waals surface area contributed by atoms with Crippen LogP contribution in [0.4, 0.5) is 5.69 Å². The average Bonchev–Trinajstić information content (AvgIpc) is 2.73. The van der Waals surface area contributed by atoms with Gasteiger partial charge in [0.05, 0.1) is 27.5 Å². The minimum Gasteiger partial charge on any atom is -0.493 e. The summed E-state index contributed by atoms with van der Waals surface area (Å²) in [6.45, 7) is 0. The number of hydrogen-bond donors (Lipinski definition) is 2. The highest BCUT2D eigenvalue weighted by molar-refractivity contribution is 9.10. The molecule has 0 bridgehead atoms. The zero-order valence-corrected chi connectivity index (χ0v) is 17.9. The predicted molar refractivity (Wildman–Crippen MR) is 114 cm³/mol. The molecule has 2 rings (SSSR count). The first-order valence-electron chi connectivity index (χ1n) is 8.64. The molecule has 0 heterocycles. The molecule has 0 fully saturated rings. The molecule has 0 atom stereocenters. The van der Waals surface area contributed by atoms with E-state index in [2.05, 4.69) is 31.8 Å². The van der Waals surface area contributed by atoms with Crippen LogP contribution in [0, 0.1) is 0 Å². The molecule has 0 aliphatic rings. The van der Waals surface area contributed by atoms with Gasteiger partial charge in [-0.3, -0.25) is 9.59 Å². The number of ether oxygens (including phenoxy) is 3. The first-order valence-corrected chi connectivity index (χ1v) is 9.43. The lowest BCUT2D eigenvalue weighted by Gasteiger charge is -2.12. The van der Waals surface area contributed by atoms with E-state index in [4.69, 9.17) is 14.2 Å². The van der Waals surface area contributed by atoms with Crippen LogP contribution in [0.15, 0.2) is 46.0 Å². The number of carbonyl (C=O) groups excluding carboxylic acids is 2. The Labute approximate surface area is 177 Å². The quantitative estimate of drug-likeness (QED) is 0.438. The second kappa shape index (κ2) is 11.1. The van der Waals surface area contributed by atoms with E-state index < -0.39 is 0 Å². The normalized spacial score (nSPS) is 10.5. The van der Waals surface area contributed by atoms with Crippen LogP contribution in [-0.4, -0.2) is 39.4 Å². The molecule has 0 unspecified atom stereocenters. The molecule has 2 aromatic carbocycles. The van der Waals surface area contributed by atoms with Gasteiger partial charge in [-0.2, -0.15) is 5.10 Å². The molecule has 2 amide bonds. The zero-order valence-electron chi connectivity index (χ0n) is 16.3. The molecule has 0 spiro atoms. The molecule has 0 radical (unpaired) electrons. The second-order valence-corrected chi connectivity index (χ2v) is 6.72. The number of amides is 2. The lowest BCUT2D eigenvalue weighted by molar-refractivity contribution is -0.124. The summed E-state index contributed by atoms with van der Waals surface area (Å²) in [7, 11) is 4.54. The minimum atomic E-state index is -0.375. The van der Waals surface area contributed by atoms with E-state index in [1.54, 1.807) is 24.3 Å². The highest BCUT2D eigenvalue weighted by Crippen LogP contribution is 2.37. The molecule has 0 aliphatic heterocycles. The van der Waals surface area contributed by atoms with Crippen molar-refractivity contribution < 1.29 is 23.8 Å². The third-order valence-electron chi connectivity index (χ3n) is 3.80. The van der Waals surface area contributed by atoms with Crippen molar-refractivity contribution in [3.05, 3.63) is 46.4 Å². The molecule has 29 heavy (non-hydrogen) atoms. The van der Waals surface area contributed by atoms with Crippen molar-refractivity contribution in [2.75, 3.05) is 26.6 Å². The van der Waals surface area contributed by atoms with Gasteiger partial charge < -0.3 is 19.5 Å². The van der Waals surface area contributed by atoms with Gasteiger partial charge in [-0.05, 0) is 36.4 Å². The van der Waals surface area contributed by atoms with Gasteiger partial charge in [-0.1, -0.05) is 15.9 Å². The Morgan fingerprint density at radius 3 is 2.10 bits per heavy atom. The Bertz CT molecular complexity index is 859. The summed E-state index contributed by atoms with van der Waals surface area (Å²) in [5, 5.41) is 6.63. The van der Waals surface area contributed by atoms with Gasteiger partial charge in [-0.15, -0.1) is 0 Å². The number of nitrogens with one attached hydrogen (secondary N) is 2. The van der Waals surface area contributed by atoms with Gasteiger partial charge in [0.15, 0.2) is 11.5 Å². The summed E-state index contributed by atoms with van der Waals surface area (Å²) in [6, 6.07) is 10.6. The highest BCUT2D eigenvalue weighted by Gasteiger charge is 2.12. The third kappa shape index (κ3) is 6.79. The van der Waals surface area contributed by atoms with E-state index in [1.165, 1.54) is 27.5 Å². The van der Waals surface area contributed by atoms with E-state index in [1.807, 2.05) is 12.1 Å². The van der Waals surface area contributed by atoms with Crippen LogP contribution in [0.25, 0.3) is 0 Å². The molecule has 2 N–H and O–H groups in total. The Morgan fingerprint density at radius 2 is 1.55 bits per heavy atom. The van der Waals surface area contributed by atoms with Gasteiger partial charge in [-0.25, -0.2) is 5.43 Å². The van der Waals surface area contributed by atoms with Crippen LogP contribution in [0.2, 0.25) is 0 Å². The van der Waals surface area contributed by atoms with Gasteiger partial charge >= 0.3 is 0 Å². The number of rotatable bonds is 9. The Hall–Kier alpha value is -3.07. The van der Waals surface area contributed by atoms with E-state index in [-0.39, 0.29) is 24.7 Å². The van der Waals surface area contributed by atoms with E-state index in [0.29, 0.717) is 28.5 Å². The minimum absolute atomic E-state index is 0.00889. The molecule has 0 saturated heterocycles. The number of carbonyl (C=O) groups is 2. The molecule has 8 nitrogen and oxygen atoms in total. The topological polar surface area (TPSA) is 98.2 Å². The van der Waals surface area contributed by atoms with Crippen LogP contribution in [0.1, 0.15) is 18.4 Å². The molecule has 0 saturated carbocycles. The summed E-state index contributed by atoms with van der Waals surface area (Å²) in [6.07, 6.45) is 1.50. The predicted octanol–water partition coefficient (Wildman–Crippen LogP) is 3.34. The average molecular weight is 464 g/mol. The van der Waals surface area contributed by atoms with Crippen molar-refractivity contribution >= 4 is 39.6 Å². The number of halogens is 1. The number of benzene rings is 2. The van der Waals surface area contributed by atoms with E-state index >= 15 is 0 Å².